The number of aldehydes is 1. The summed E-state index contributed by atoms with van der Waals surface area (Å²) in [7, 11) is 1.73. The van der Waals surface area contributed by atoms with Crippen molar-refractivity contribution in [3.05, 3.63) is 52.2 Å². The van der Waals surface area contributed by atoms with Crippen molar-refractivity contribution < 1.29 is 27.5 Å². The van der Waals surface area contributed by atoms with Crippen LogP contribution in [0, 0.1) is 0 Å². The number of carbonyl (C=O) groups excluding carboxylic acids is 2. The van der Waals surface area contributed by atoms with Gasteiger partial charge in [0.25, 0.3) is 5.91 Å². The number of alkyl halides is 3. The molecule has 1 aliphatic rings. The Labute approximate surface area is 177 Å². The van der Waals surface area contributed by atoms with E-state index in [1.54, 1.807) is 30.3 Å². The molecule has 0 aliphatic carbocycles. The third-order valence-corrected chi connectivity index (χ3v) is 4.70. The van der Waals surface area contributed by atoms with Gasteiger partial charge in [0.05, 0.1) is 17.6 Å². The van der Waals surface area contributed by atoms with Crippen molar-refractivity contribution in [3.63, 3.8) is 0 Å². The lowest BCUT2D eigenvalue weighted by Crippen LogP contribution is -2.27. The molecule has 10 heteroatoms. The van der Waals surface area contributed by atoms with E-state index >= 15 is 0 Å². The molecule has 0 radical (unpaired) electrons. The Bertz CT molecular complexity index is 922. The van der Waals surface area contributed by atoms with Crippen LogP contribution in [0.25, 0.3) is 0 Å². The van der Waals surface area contributed by atoms with Crippen LogP contribution in [0.4, 0.5) is 19.0 Å². The molecule has 1 aliphatic heterocycles. The smallest absolute Gasteiger partial charge is 0.422 e. The molecule has 162 valence electrons. The quantitative estimate of drug-likeness (QED) is 0.682. The van der Waals surface area contributed by atoms with E-state index in [4.69, 9.17) is 21.1 Å². The average molecular weight is 444 g/mol. The highest BCUT2D eigenvalue weighted by Gasteiger charge is 2.34. The molecule has 1 N–H and O–H groups in total. The Balaban J connectivity index is 0.00000101. The van der Waals surface area contributed by atoms with Gasteiger partial charge < -0.3 is 19.7 Å². The summed E-state index contributed by atoms with van der Waals surface area (Å²) in [6.45, 7) is 2.24. The summed E-state index contributed by atoms with van der Waals surface area (Å²) in [6, 6.07) is 5.85. The lowest BCUT2D eigenvalue weighted by Gasteiger charge is -2.25. The van der Waals surface area contributed by atoms with Gasteiger partial charge in [0.1, 0.15) is 17.9 Å². The van der Waals surface area contributed by atoms with E-state index < -0.39 is 12.8 Å². The predicted molar refractivity (Wildman–Crippen MR) is 107 cm³/mol. The molecule has 0 spiro atoms. The monoisotopic (exact) mass is 443 g/mol. The number of fused-ring (bicyclic) bond motifs is 1. The number of rotatable bonds is 5. The lowest BCUT2D eigenvalue weighted by molar-refractivity contribution is -0.153. The maximum atomic E-state index is 12.7. The van der Waals surface area contributed by atoms with E-state index in [2.05, 4.69) is 10.3 Å². The largest absolute Gasteiger partial charge is 0.483 e. The van der Waals surface area contributed by atoms with E-state index in [0.717, 1.165) is 11.8 Å². The van der Waals surface area contributed by atoms with Gasteiger partial charge in [-0.1, -0.05) is 17.7 Å². The van der Waals surface area contributed by atoms with Crippen molar-refractivity contribution in [2.45, 2.75) is 32.6 Å². The summed E-state index contributed by atoms with van der Waals surface area (Å²) in [5, 5.41) is 3.03. The standard InChI is InChI=1S/C18H17ClF3N3O2.C2H4O/c1-10(11-3-4-15(14(19)7-11)27-9-18(20,21)22)25-8-13-12(17(25)26)5-6-24-16(13)23-2;1-2-3/h3-7,10H,8-9H2,1-2H3,(H,23,24);2H,1H3. The highest BCUT2D eigenvalue weighted by Crippen LogP contribution is 2.36. The third-order valence-electron chi connectivity index (χ3n) is 4.41. The first-order valence-electron chi connectivity index (χ1n) is 8.98. The fourth-order valence-corrected chi connectivity index (χ4v) is 3.26. The molecule has 0 fully saturated rings. The second kappa shape index (κ2) is 9.80. The zero-order valence-electron chi connectivity index (χ0n) is 16.6. The summed E-state index contributed by atoms with van der Waals surface area (Å²) in [4.78, 5) is 27.4. The van der Waals surface area contributed by atoms with E-state index in [9.17, 15) is 18.0 Å². The zero-order valence-corrected chi connectivity index (χ0v) is 17.3. The molecule has 30 heavy (non-hydrogen) atoms. The van der Waals surface area contributed by atoms with Gasteiger partial charge >= 0.3 is 6.18 Å². The minimum atomic E-state index is -4.44. The molecule has 1 atom stereocenters. The first kappa shape index (κ1) is 23.5. The lowest BCUT2D eigenvalue weighted by atomic mass is 10.1. The Morgan fingerprint density at radius 3 is 2.60 bits per heavy atom. The Hall–Kier alpha value is -2.81. The van der Waals surface area contributed by atoms with E-state index in [-0.39, 0.29) is 22.7 Å². The van der Waals surface area contributed by atoms with Gasteiger partial charge in [-0.05, 0) is 37.6 Å². The first-order valence-corrected chi connectivity index (χ1v) is 9.36. The molecule has 6 nitrogen and oxygen atoms in total. The molecule has 0 saturated heterocycles. The first-order chi connectivity index (χ1) is 14.1. The Morgan fingerprint density at radius 1 is 1.37 bits per heavy atom. The fraction of sp³-hybridized carbons (Fsp3) is 0.350. The molecule has 0 bridgehead atoms. The molecule has 2 heterocycles. The predicted octanol–water partition coefficient (Wildman–Crippen LogP) is 4.64. The second-order valence-electron chi connectivity index (χ2n) is 6.37. The Morgan fingerprint density at radius 2 is 2.03 bits per heavy atom. The van der Waals surface area contributed by atoms with E-state index in [1.807, 2.05) is 6.92 Å². The molecule has 1 amide bonds. The number of halogens is 4. The van der Waals surface area contributed by atoms with Crippen LogP contribution < -0.4 is 10.1 Å². The topological polar surface area (TPSA) is 71.5 Å². The van der Waals surface area contributed by atoms with Crippen molar-refractivity contribution in [3.8, 4) is 5.75 Å². The van der Waals surface area contributed by atoms with Crippen LogP contribution in [-0.4, -0.2) is 41.9 Å². The number of aromatic nitrogens is 1. The summed E-state index contributed by atoms with van der Waals surface area (Å²) < 4.78 is 41.6. The maximum absolute atomic E-state index is 12.7. The van der Waals surface area contributed by atoms with E-state index in [0.29, 0.717) is 23.5 Å². The van der Waals surface area contributed by atoms with Crippen molar-refractivity contribution in [1.82, 2.24) is 9.88 Å². The number of anilines is 1. The van der Waals surface area contributed by atoms with Gasteiger partial charge in [0.2, 0.25) is 0 Å². The number of pyridine rings is 1. The number of amides is 1. The summed E-state index contributed by atoms with van der Waals surface area (Å²) >= 11 is 6.07. The number of hydrogen-bond acceptors (Lipinski definition) is 5. The number of ether oxygens (including phenoxy) is 1. The van der Waals surface area contributed by atoms with Crippen molar-refractivity contribution in [2.75, 3.05) is 19.0 Å². The third kappa shape index (κ3) is 5.41. The molecule has 2 aromatic rings. The zero-order chi connectivity index (χ0) is 22.5. The summed E-state index contributed by atoms with van der Waals surface area (Å²) in [5.41, 5.74) is 2.09. The molecular formula is C20H21ClF3N3O3. The van der Waals surface area contributed by atoms with Crippen LogP contribution in [0.2, 0.25) is 5.02 Å². The number of benzene rings is 1. The number of carbonyl (C=O) groups is 2. The summed E-state index contributed by atoms with van der Waals surface area (Å²) in [6.07, 6.45) is -2.12. The number of nitrogens with zero attached hydrogens (tertiary/aromatic N) is 2. The van der Waals surface area contributed by atoms with E-state index in [1.165, 1.54) is 19.1 Å². The van der Waals surface area contributed by atoms with Gasteiger partial charge in [0.15, 0.2) is 6.61 Å². The Kier molecular flexibility index (Phi) is 7.66. The highest BCUT2D eigenvalue weighted by molar-refractivity contribution is 6.32. The van der Waals surface area contributed by atoms with Crippen molar-refractivity contribution in [1.29, 1.82) is 0 Å². The van der Waals surface area contributed by atoms with Crippen molar-refractivity contribution in [2.24, 2.45) is 0 Å². The van der Waals surface area contributed by atoms with Gasteiger partial charge in [-0.3, -0.25) is 4.79 Å². The van der Waals surface area contributed by atoms with Gasteiger partial charge in [-0.15, -0.1) is 0 Å². The molecular weight excluding hydrogens is 423 g/mol. The van der Waals surface area contributed by atoms with Crippen LogP contribution in [0.5, 0.6) is 5.75 Å². The SMILES string of the molecule is CC=O.CNc1nccc2c1CN(C(C)c1ccc(OCC(F)(F)F)c(Cl)c1)C2=O. The average Bonchev–Trinajstić information content (AvgIpc) is 3.03. The molecule has 1 aromatic heterocycles. The molecule has 0 saturated carbocycles. The second-order valence-corrected chi connectivity index (χ2v) is 6.78. The van der Waals surface area contributed by atoms with Gasteiger partial charge in [-0.2, -0.15) is 13.2 Å². The molecule has 1 unspecified atom stereocenters. The number of hydrogen-bond donors (Lipinski definition) is 1. The normalized spacial score (nSPS) is 13.8. The fourth-order valence-electron chi connectivity index (χ4n) is 3.01. The van der Waals surface area contributed by atoms with Crippen LogP contribution in [0.3, 0.4) is 0 Å². The highest BCUT2D eigenvalue weighted by atomic mass is 35.5. The molecule has 3 rings (SSSR count). The van der Waals surface area contributed by atoms with Crippen LogP contribution in [0.1, 0.15) is 41.4 Å². The van der Waals surface area contributed by atoms with Crippen molar-refractivity contribution >= 4 is 29.6 Å². The van der Waals surface area contributed by atoms with Crippen LogP contribution >= 0.6 is 11.6 Å². The van der Waals surface area contributed by atoms with Crippen LogP contribution in [-0.2, 0) is 11.3 Å². The van der Waals surface area contributed by atoms with Crippen LogP contribution in [0.15, 0.2) is 30.5 Å². The van der Waals surface area contributed by atoms with Gasteiger partial charge in [0, 0.05) is 24.4 Å². The number of nitrogens with one attached hydrogen (secondary N) is 1. The maximum Gasteiger partial charge on any atom is 0.422 e. The minimum absolute atomic E-state index is 0.0531. The summed E-state index contributed by atoms with van der Waals surface area (Å²) in [5.74, 6) is 0.456. The van der Waals surface area contributed by atoms with Gasteiger partial charge in [-0.25, -0.2) is 4.98 Å². The minimum Gasteiger partial charge on any atom is -0.483 e. The molecule has 1 aromatic carbocycles.